The minimum absolute atomic E-state index is 0.0000420. The molecule has 1 aromatic heterocycles. The van der Waals surface area contributed by atoms with Crippen LogP contribution in [0.1, 0.15) is 29.3 Å². The van der Waals surface area contributed by atoms with E-state index in [9.17, 15) is 10.1 Å². The quantitative estimate of drug-likeness (QED) is 0.857. The lowest BCUT2D eigenvalue weighted by Crippen LogP contribution is -3.15. The Labute approximate surface area is 134 Å². The maximum absolute atomic E-state index is 12.3. The van der Waals surface area contributed by atoms with Gasteiger partial charge in [-0.05, 0) is 30.7 Å². The van der Waals surface area contributed by atoms with Crippen LogP contribution in [0.3, 0.4) is 0 Å². The number of nitrogens with one attached hydrogen (secondary N) is 2. The lowest BCUT2D eigenvalue weighted by atomic mass is 9.89. The van der Waals surface area contributed by atoms with Crippen molar-refractivity contribution in [3.63, 3.8) is 0 Å². The van der Waals surface area contributed by atoms with Crippen LogP contribution in [0.25, 0.3) is 0 Å². The molecule has 1 atom stereocenters. The Morgan fingerprint density at radius 2 is 2.27 bits per heavy atom. The van der Waals surface area contributed by atoms with E-state index in [1.807, 2.05) is 0 Å². The molecule has 2 N–H and O–H groups in total. The standard InChI is InChI=1S/C16H21N3O2S/c1-11-2-3-12-13(9-17)16(22-14(12)8-11)18-15(20)10-19-4-6-21-7-5-19/h11H,2-8,10H2,1H3,(H,18,20)/p+1/t11-/m1/s1. The van der Waals surface area contributed by atoms with E-state index >= 15 is 0 Å². The average Bonchev–Trinajstić information content (AvgIpc) is 2.84. The lowest BCUT2D eigenvalue weighted by molar-refractivity contribution is -0.899. The highest BCUT2D eigenvalue weighted by molar-refractivity contribution is 7.16. The topological polar surface area (TPSA) is 66.6 Å². The van der Waals surface area contributed by atoms with E-state index in [0.29, 0.717) is 18.0 Å². The molecule has 0 radical (unpaired) electrons. The van der Waals surface area contributed by atoms with Crippen molar-refractivity contribution < 1.29 is 14.4 Å². The zero-order valence-corrected chi connectivity index (χ0v) is 13.7. The molecule has 2 aliphatic rings. The Morgan fingerprint density at radius 3 is 3.00 bits per heavy atom. The summed E-state index contributed by atoms with van der Waals surface area (Å²) in [6, 6.07) is 2.30. The van der Waals surface area contributed by atoms with Gasteiger partial charge in [0.25, 0.3) is 5.91 Å². The van der Waals surface area contributed by atoms with Crippen molar-refractivity contribution >= 4 is 22.2 Å². The van der Waals surface area contributed by atoms with Gasteiger partial charge in [0.2, 0.25) is 0 Å². The number of hydrogen-bond acceptors (Lipinski definition) is 4. The molecule has 1 saturated heterocycles. The Morgan fingerprint density at radius 1 is 1.50 bits per heavy atom. The molecule has 0 unspecified atom stereocenters. The van der Waals surface area contributed by atoms with Gasteiger partial charge in [-0.2, -0.15) is 5.26 Å². The third-order valence-electron chi connectivity index (χ3n) is 4.49. The van der Waals surface area contributed by atoms with Gasteiger partial charge in [0.15, 0.2) is 6.54 Å². The predicted octanol–water partition coefficient (Wildman–Crippen LogP) is 0.598. The molecule has 22 heavy (non-hydrogen) atoms. The van der Waals surface area contributed by atoms with Crippen molar-refractivity contribution in [2.24, 2.45) is 5.92 Å². The molecule has 5 nitrogen and oxygen atoms in total. The number of morpholine rings is 1. The number of carbonyl (C=O) groups excluding carboxylic acids is 1. The second-order valence-electron chi connectivity index (χ2n) is 6.26. The Balaban J connectivity index is 1.69. The highest BCUT2D eigenvalue weighted by Gasteiger charge is 2.25. The molecule has 1 fully saturated rings. The normalized spacial score (nSPS) is 21.9. The van der Waals surface area contributed by atoms with Crippen molar-refractivity contribution in [2.75, 3.05) is 38.2 Å². The first-order valence-electron chi connectivity index (χ1n) is 7.93. The lowest BCUT2D eigenvalue weighted by Gasteiger charge is -2.22. The van der Waals surface area contributed by atoms with E-state index in [4.69, 9.17) is 4.74 Å². The summed E-state index contributed by atoms with van der Waals surface area (Å²) in [4.78, 5) is 14.8. The van der Waals surface area contributed by atoms with Crippen LogP contribution in [0.2, 0.25) is 0 Å². The summed E-state index contributed by atoms with van der Waals surface area (Å²) in [7, 11) is 0. The van der Waals surface area contributed by atoms with Gasteiger partial charge < -0.3 is 15.0 Å². The summed E-state index contributed by atoms with van der Waals surface area (Å²) >= 11 is 1.59. The number of nitrogens with zero attached hydrogens (tertiary/aromatic N) is 1. The molecule has 118 valence electrons. The number of carbonyl (C=O) groups is 1. The SMILES string of the molecule is C[C@@H]1CCc2c(sc(NC(=O)C[NH+]3CCOCC3)c2C#N)C1. The van der Waals surface area contributed by atoms with Crippen molar-refractivity contribution in [1.82, 2.24) is 0 Å². The highest BCUT2D eigenvalue weighted by atomic mass is 32.1. The van der Waals surface area contributed by atoms with Crippen molar-refractivity contribution in [3.05, 3.63) is 16.0 Å². The first-order chi connectivity index (χ1) is 10.7. The van der Waals surface area contributed by atoms with E-state index in [2.05, 4.69) is 18.3 Å². The first-order valence-corrected chi connectivity index (χ1v) is 8.74. The predicted molar refractivity (Wildman–Crippen MR) is 85.2 cm³/mol. The van der Waals surface area contributed by atoms with E-state index in [1.54, 1.807) is 11.3 Å². The molecule has 1 aromatic rings. The molecule has 6 heteroatoms. The fourth-order valence-corrected chi connectivity index (χ4v) is 4.57. The number of nitriles is 1. The maximum Gasteiger partial charge on any atom is 0.280 e. The van der Waals surface area contributed by atoms with Crippen LogP contribution in [0.15, 0.2) is 0 Å². The van der Waals surface area contributed by atoms with Crippen molar-refractivity contribution in [1.29, 1.82) is 5.26 Å². The maximum atomic E-state index is 12.3. The molecular weight excluding hydrogens is 298 g/mol. The Bertz CT molecular complexity index is 599. The number of ether oxygens (including phenoxy) is 1. The Kier molecular flexibility index (Phi) is 4.77. The van der Waals surface area contributed by atoms with Gasteiger partial charge in [0, 0.05) is 4.88 Å². The average molecular weight is 320 g/mol. The second-order valence-corrected chi connectivity index (χ2v) is 7.36. The van der Waals surface area contributed by atoms with E-state index in [-0.39, 0.29) is 5.91 Å². The molecular formula is C16H22N3O2S+. The largest absolute Gasteiger partial charge is 0.370 e. The molecule has 0 saturated carbocycles. The molecule has 0 aromatic carbocycles. The summed E-state index contributed by atoms with van der Waals surface area (Å²) in [5.41, 5.74) is 1.86. The van der Waals surface area contributed by atoms with Gasteiger partial charge in [-0.25, -0.2) is 0 Å². The van der Waals surface area contributed by atoms with E-state index in [1.165, 1.54) is 15.3 Å². The fraction of sp³-hybridized carbons (Fsp3) is 0.625. The van der Waals surface area contributed by atoms with Crippen LogP contribution in [0, 0.1) is 17.2 Å². The van der Waals surface area contributed by atoms with E-state index < -0.39 is 0 Å². The van der Waals surface area contributed by atoms with Crippen LogP contribution < -0.4 is 10.2 Å². The van der Waals surface area contributed by atoms with E-state index in [0.717, 1.165) is 50.6 Å². The third kappa shape index (κ3) is 3.32. The van der Waals surface area contributed by atoms with Gasteiger partial charge in [0.1, 0.15) is 24.2 Å². The first kappa shape index (κ1) is 15.5. The van der Waals surface area contributed by atoms with Crippen LogP contribution in [-0.4, -0.2) is 38.8 Å². The number of amides is 1. The summed E-state index contributed by atoms with van der Waals surface area (Å²) in [5, 5.41) is 13.2. The van der Waals surface area contributed by atoms with Crippen molar-refractivity contribution in [3.8, 4) is 6.07 Å². The Hall–Kier alpha value is -1.42. The summed E-state index contributed by atoms with van der Waals surface area (Å²) < 4.78 is 5.31. The molecule has 3 rings (SSSR count). The van der Waals surface area contributed by atoms with Gasteiger partial charge >= 0.3 is 0 Å². The minimum atomic E-state index is 0.0000420. The molecule has 1 amide bonds. The van der Waals surface area contributed by atoms with Crippen LogP contribution in [-0.2, 0) is 22.4 Å². The van der Waals surface area contributed by atoms with Gasteiger partial charge in [-0.15, -0.1) is 11.3 Å². The van der Waals surface area contributed by atoms with Crippen LogP contribution in [0.4, 0.5) is 5.00 Å². The van der Waals surface area contributed by atoms with Gasteiger partial charge in [-0.3, -0.25) is 4.79 Å². The zero-order chi connectivity index (χ0) is 15.5. The smallest absolute Gasteiger partial charge is 0.280 e. The van der Waals surface area contributed by atoms with Crippen LogP contribution in [0.5, 0.6) is 0 Å². The number of anilines is 1. The number of quaternary nitrogens is 1. The summed E-state index contributed by atoms with van der Waals surface area (Å²) in [6.07, 6.45) is 3.11. The van der Waals surface area contributed by atoms with Gasteiger partial charge in [-0.1, -0.05) is 6.92 Å². The molecule has 1 aliphatic carbocycles. The number of thiophene rings is 1. The monoisotopic (exact) mass is 320 g/mol. The molecule has 2 heterocycles. The molecule has 0 spiro atoms. The van der Waals surface area contributed by atoms with Crippen molar-refractivity contribution in [2.45, 2.75) is 26.2 Å². The fourth-order valence-electron chi connectivity index (χ4n) is 3.19. The number of hydrogen-bond donors (Lipinski definition) is 2. The summed E-state index contributed by atoms with van der Waals surface area (Å²) in [6.45, 7) is 5.88. The third-order valence-corrected chi connectivity index (χ3v) is 5.66. The molecule has 0 bridgehead atoms. The molecule has 1 aliphatic heterocycles. The number of fused-ring (bicyclic) bond motifs is 1. The number of rotatable bonds is 3. The zero-order valence-electron chi connectivity index (χ0n) is 12.9. The second kappa shape index (κ2) is 6.78. The minimum Gasteiger partial charge on any atom is -0.370 e. The highest BCUT2D eigenvalue weighted by Crippen LogP contribution is 2.39. The summed E-state index contributed by atoms with van der Waals surface area (Å²) in [5.74, 6) is 0.666. The van der Waals surface area contributed by atoms with Gasteiger partial charge in [0.05, 0.1) is 18.8 Å². The van der Waals surface area contributed by atoms with Crippen LogP contribution >= 0.6 is 11.3 Å².